The number of carbonyl (C=O) groups is 1. The molecule has 1 aromatic carbocycles. The summed E-state index contributed by atoms with van der Waals surface area (Å²) in [5.74, 6) is -0.0196. The smallest absolute Gasteiger partial charge is 0.293 e. The summed E-state index contributed by atoms with van der Waals surface area (Å²) in [6, 6.07) is 6.95. The first-order valence-corrected chi connectivity index (χ1v) is 7.19. The Balaban J connectivity index is 3.15. The molecule has 18 heavy (non-hydrogen) atoms. The monoisotopic (exact) mass is 267 g/mol. The molecule has 0 fully saturated rings. The largest absolute Gasteiger partial charge is 0.549 e. The molecule has 0 aromatic heterocycles. The molecule has 1 atom stereocenters. The Kier molecular flexibility index (Phi) is 4.78. The van der Waals surface area contributed by atoms with Crippen molar-refractivity contribution in [2.45, 2.75) is 40.7 Å². The van der Waals surface area contributed by atoms with Crippen molar-refractivity contribution >= 4 is 19.1 Å². The number of rotatable bonds is 4. The molecule has 0 amide bonds. The van der Waals surface area contributed by atoms with Gasteiger partial charge in [-0.15, -0.1) is 4.52 Å². The summed E-state index contributed by atoms with van der Waals surface area (Å²) >= 11 is 0. The Morgan fingerprint density at radius 2 is 1.78 bits per heavy atom. The zero-order chi connectivity index (χ0) is 13.9. The maximum Gasteiger partial charge on any atom is 0.549 e. The van der Waals surface area contributed by atoms with Gasteiger partial charge in [0.2, 0.25) is 5.30 Å². The first-order chi connectivity index (χ1) is 8.23. The maximum absolute atomic E-state index is 12.3. The second-order valence-electron chi connectivity index (χ2n) is 5.51. The fourth-order valence-corrected chi connectivity index (χ4v) is 2.55. The Hall–Kier alpha value is -1.05. The van der Waals surface area contributed by atoms with E-state index in [2.05, 4.69) is 0 Å². The summed E-state index contributed by atoms with van der Waals surface area (Å²) in [5, 5.41) is 0.487. The standard InChI is InChI=1S/C14H20O3P/c1-10(2)17-18(16)12-9-7-6-8-11(12)13(15)14(3,4)5/h6-10H,1-5H3/q+1. The molecule has 1 aromatic rings. The minimum absolute atomic E-state index is 0.0196. The van der Waals surface area contributed by atoms with Gasteiger partial charge in [-0.25, -0.2) is 0 Å². The maximum atomic E-state index is 12.3. The van der Waals surface area contributed by atoms with E-state index in [1.165, 1.54) is 0 Å². The van der Waals surface area contributed by atoms with Gasteiger partial charge >= 0.3 is 8.03 Å². The Labute approximate surface area is 109 Å². The minimum atomic E-state index is -1.99. The summed E-state index contributed by atoms with van der Waals surface area (Å²) in [5.41, 5.74) is -0.00355. The second kappa shape index (κ2) is 5.73. The van der Waals surface area contributed by atoms with E-state index >= 15 is 0 Å². The fourth-order valence-electron chi connectivity index (χ4n) is 1.48. The van der Waals surface area contributed by atoms with Crippen LogP contribution in [-0.2, 0) is 9.09 Å². The fraction of sp³-hybridized carbons (Fsp3) is 0.500. The second-order valence-corrected chi connectivity index (χ2v) is 6.71. The third kappa shape index (κ3) is 3.72. The molecule has 0 saturated carbocycles. The number of carbonyl (C=O) groups excluding carboxylic acids is 1. The van der Waals surface area contributed by atoms with Crippen LogP contribution >= 0.6 is 8.03 Å². The van der Waals surface area contributed by atoms with Crippen LogP contribution in [0, 0.1) is 5.41 Å². The molecule has 0 aliphatic rings. The highest BCUT2D eigenvalue weighted by atomic mass is 31.1. The summed E-state index contributed by atoms with van der Waals surface area (Å²) in [4.78, 5) is 12.3. The zero-order valence-corrected chi connectivity index (χ0v) is 12.5. The van der Waals surface area contributed by atoms with Gasteiger partial charge < -0.3 is 0 Å². The zero-order valence-electron chi connectivity index (χ0n) is 11.6. The molecule has 4 heteroatoms. The minimum Gasteiger partial charge on any atom is -0.293 e. The molecule has 1 unspecified atom stereocenters. The lowest BCUT2D eigenvalue weighted by atomic mass is 9.86. The van der Waals surface area contributed by atoms with Gasteiger partial charge in [0.1, 0.15) is 6.10 Å². The Morgan fingerprint density at radius 3 is 2.28 bits per heavy atom. The van der Waals surface area contributed by atoms with Crippen LogP contribution in [0.15, 0.2) is 24.3 Å². The van der Waals surface area contributed by atoms with Crippen LogP contribution in [0.5, 0.6) is 0 Å². The highest BCUT2D eigenvalue weighted by molar-refractivity contribution is 7.48. The van der Waals surface area contributed by atoms with Crippen molar-refractivity contribution in [3.63, 3.8) is 0 Å². The van der Waals surface area contributed by atoms with Gasteiger partial charge in [-0.05, 0) is 30.5 Å². The van der Waals surface area contributed by atoms with Crippen LogP contribution < -0.4 is 5.30 Å². The third-order valence-electron chi connectivity index (χ3n) is 2.33. The van der Waals surface area contributed by atoms with E-state index in [4.69, 9.17) is 4.52 Å². The van der Waals surface area contributed by atoms with Gasteiger partial charge in [-0.1, -0.05) is 32.9 Å². The van der Waals surface area contributed by atoms with E-state index in [1.807, 2.05) is 34.6 Å². The molecule has 0 N–H and O–H groups in total. The number of hydrogen-bond acceptors (Lipinski definition) is 3. The topological polar surface area (TPSA) is 43.4 Å². The lowest BCUT2D eigenvalue weighted by Gasteiger charge is -2.16. The van der Waals surface area contributed by atoms with Crippen LogP contribution in [0.25, 0.3) is 0 Å². The van der Waals surface area contributed by atoms with Crippen molar-refractivity contribution < 1.29 is 13.9 Å². The van der Waals surface area contributed by atoms with E-state index in [9.17, 15) is 9.36 Å². The molecule has 1 rings (SSSR count). The number of ketones is 1. The predicted molar refractivity (Wildman–Crippen MR) is 73.7 cm³/mol. The lowest BCUT2D eigenvalue weighted by molar-refractivity contribution is 0.0859. The molecule has 0 radical (unpaired) electrons. The van der Waals surface area contributed by atoms with Gasteiger partial charge in [0.25, 0.3) is 0 Å². The molecule has 0 aliphatic carbocycles. The van der Waals surface area contributed by atoms with Gasteiger partial charge in [0.05, 0.1) is 5.56 Å². The van der Waals surface area contributed by atoms with Crippen molar-refractivity contribution in [3.05, 3.63) is 29.8 Å². The average molecular weight is 267 g/mol. The van der Waals surface area contributed by atoms with E-state index < -0.39 is 13.4 Å². The van der Waals surface area contributed by atoms with E-state index in [1.54, 1.807) is 24.3 Å². The van der Waals surface area contributed by atoms with Crippen molar-refractivity contribution in [2.75, 3.05) is 0 Å². The summed E-state index contributed by atoms with van der Waals surface area (Å²) < 4.78 is 17.4. The molecule has 0 spiro atoms. The van der Waals surface area contributed by atoms with Crippen LogP contribution in [0.4, 0.5) is 0 Å². The number of benzene rings is 1. The van der Waals surface area contributed by atoms with Crippen LogP contribution in [0.2, 0.25) is 0 Å². The van der Waals surface area contributed by atoms with Gasteiger partial charge in [0.15, 0.2) is 5.78 Å². The van der Waals surface area contributed by atoms with Gasteiger partial charge in [-0.2, -0.15) is 0 Å². The van der Waals surface area contributed by atoms with Crippen LogP contribution in [-0.4, -0.2) is 11.9 Å². The van der Waals surface area contributed by atoms with Crippen molar-refractivity contribution in [1.82, 2.24) is 0 Å². The van der Waals surface area contributed by atoms with Crippen molar-refractivity contribution in [2.24, 2.45) is 5.41 Å². The SMILES string of the molecule is CC(C)O[P+](=O)c1ccccc1C(=O)C(C)(C)C. The predicted octanol–water partition coefficient (Wildman–Crippen LogP) is 3.71. The number of hydrogen-bond donors (Lipinski definition) is 0. The molecule has 0 aliphatic heterocycles. The van der Waals surface area contributed by atoms with Crippen LogP contribution in [0.1, 0.15) is 45.0 Å². The van der Waals surface area contributed by atoms with Gasteiger partial charge in [-0.3, -0.25) is 4.79 Å². The van der Waals surface area contributed by atoms with Crippen molar-refractivity contribution in [1.29, 1.82) is 0 Å². The highest BCUT2D eigenvalue weighted by Crippen LogP contribution is 2.28. The third-order valence-corrected chi connectivity index (χ3v) is 3.73. The molecule has 98 valence electrons. The van der Waals surface area contributed by atoms with Crippen molar-refractivity contribution in [3.8, 4) is 0 Å². The number of Topliss-reactive ketones (excluding diaryl/α,β-unsaturated/α-hetero) is 1. The molecule has 3 nitrogen and oxygen atoms in total. The normalized spacial score (nSPS) is 12.7. The van der Waals surface area contributed by atoms with E-state index in [-0.39, 0.29) is 11.9 Å². The Morgan fingerprint density at radius 1 is 1.22 bits per heavy atom. The highest BCUT2D eigenvalue weighted by Gasteiger charge is 2.34. The molecule has 0 bridgehead atoms. The van der Waals surface area contributed by atoms with E-state index in [0.717, 1.165) is 0 Å². The van der Waals surface area contributed by atoms with E-state index in [0.29, 0.717) is 10.9 Å². The molecule has 0 heterocycles. The quantitative estimate of drug-likeness (QED) is 0.617. The Bertz CT molecular complexity index is 458. The first-order valence-electron chi connectivity index (χ1n) is 6.01. The van der Waals surface area contributed by atoms with Gasteiger partial charge in [0, 0.05) is 5.41 Å². The summed E-state index contributed by atoms with van der Waals surface area (Å²) in [7, 11) is -1.99. The lowest BCUT2D eigenvalue weighted by Crippen LogP contribution is -2.25. The van der Waals surface area contributed by atoms with Crippen LogP contribution in [0.3, 0.4) is 0 Å². The molecular weight excluding hydrogens is 247 g/mol. The molecule has 0 saturated heterocycles. The summed E-state index contributed by atoms with van der Waals surface area (Å²) in [6.07, 6.45) is -0.133. The molecular formula is C14H20O3P+. The summed E-state index contributed by atoms with van der Waals surface area (Å²) in [6.45, 7) is 9.19. The average Bonchev–Trinajstić information content (AvgIpc) is 2.26. The first kappa shape index (κ1) is 15.0.